The van der Waals surface area contributed by atoms with E-state index in [-0.39, 0.29) is 12.2 Å². The van der Waals surface area contributed by atoms with Gasteiger partial charge in [-0.2, -0.15) is 0 Å². The van der Waals surface area contributed by atoms with Crippen LogP contribution >= 0.6 is 22.6 Å². The highest BCUT2D eigenvalue weighted by Crippen LogP contribution is 2.31. The van der Waals surface area contributed by atoms with E-state index in [0.29, 0.717) is 6.04 Å². The van der Waals surface area contributed by atoms with Gasteiger partial charge in [-0.25, -0.2) is 0 Å². The molecule has 1 fully saturated rings. The Hall–Kier alpha value is -0.330. The van der Waals surface area contributed by atoms with Crippen LogP contribution in [0, 0.1) is 3.57 Å². The number of para-hydroxylation sites is 1. The Morgan fingerprint density at radius 2 is 2.05 bits per heavy atom. The fourth-order valence-electron chi connectivity index (χ4n) is 2.41. The average molecular weight is 389 g/mol. The van der Waals surface area contributed by atoms with Gasteiger partial charge in [-0.1, -0.05) is 26.0 Å². The number of hydrogen-bond acceptors (Lipinski definition) is 3. The third-order valence-electron chi connectivity index (χ3n) is 3.54. The molecule has 1 aliphatic rings. The first-order valence-electron chi connectivity index (χ1n) is 7.52. The van der Waals surface area contributed by atoms with Crippen molar-refractivity contribution in [3.63, 3.8) is 0 Å². The Balaban J connectivity index is 1.92. The van der Waals surface area contributed by atoms with Crippen LogP contribution in [0.1, 0.15) is 33.1 Å². The lowest BCUT2D eigenvalue weighted by Gasteiger charge is -2.44. The molecular formula is C16H24INO2. The summed E-state index contributed by atoms with van der Waals surface area (Å²) in [6.07, 6.45) is 3.58. The van der Waals surface area contributed by atoms with E-state index < -0.39 is 0 Å². The molecule has 3 nitrogen and oxygen atoms in total. The first-order valence-corrected chi connectivity index (χ1v) is 8.60. The molecular weight excluding hydrogens is 365 g/mol. The summed E-state index contributed by atoms with van der Waals surface area (Å²) in [5.41, 5.74) is 0. The van der Waals surface area contributed by atoms with Crippen LogP contribution in [0.5, 0.6) is 5.75 Å². The van der Waals surface area contributed by atoms with E-state index in [4.69, 9.17) is 9.47 Å². The highest BCUT2D eigenvalue weighted by atomic mass is 127. The first-order chi connectivity index (χ1) is 9.76. The normalized spacial score (nSPS) is 25.2. The van der Waals surface area contributed by atoms with Gasteiger partial charge in [0, 0.05) is 19.1 Å². The smallest absolute Gasteiger partial charge is 0.133 e. The molecule has 20 heavy (non-hydrogen) atoms. The number of rotatable bonds is 8. The van der Waals surface area contributed by atoms with Crippen molar-refractivity contribution in [1.82, 2.24) is 5.32 Å². The van der Waals surface area contributed by atoms with Crippen LogP contribution in [-0.2, 0) is 4.74 Å². The van der Waals surface area contributed by atoms with Crippen molar-refractivity contribution in [3.05, 3.63) is 27.8 Å². The lowest BCUT2D eigenvalue weighted by molar-refractivity contribution is -0.108. The topological polar surface area (TPSA) is 30.5 Å². The number of halogens is 1. The predicted molar refractivity (Wildman–Crippen MR) is 90.3 cm³/mol. The Kier molecular flexibility index (Phi) is 6.58. The molecule has 3 unspecified atom stereocenters. The standard InChI is InChI=1S/C16H24INO2/c1-3-9-18-13-11-15(16(13)19-10-4-2)20-14-8-6-5-7-12(14)17/h5-8,13,15-16,18H,3-4,9-11H2,1-2H3. The van der Waals surface area contributed by atoms with Gasteiger partial charge in [0.2, 0.25) is 0 Å². The molecule has 0 radical (unpaired) electrons. The predicted octanol–water partition coefficient (Wildman–Crippen LogP) is 3.61. The minimum absolute atomic E-state index is 0.173. The van der Waals surface area contributed by atoms with E-state index >= 15 is 0 Å². The summed E-state index contributed by atoms with van der Waals surface area (Å²) in [5, 5.41) is 3.55. The maximum absolute atomic E-state index is 6.13. The summed E-state index contributed by atoms with van der Waals surface area (Å²) >= 11 is 2.32. The monoisotopic (exact) mass is 389 g/mol. The van der Waals surface area contributed by atoms with Gasteiger partial charge in [0.25, 0.3) is 0 Å². The molecule has 1 aromatic carbocycles. The van der Waals surface area contributed by atoms with Crippen LogP contribution < -0.4 is 10.1 Å². The summed E-state index contributed by atoms with van der Waals surface area (Å²) in [4.78, 5) is 0. The van der Waals surface area contributed by atoms with E-state index in [1.807, 2.05) is 18.2 Å². The van der Waals surface area contributed by atoms with Gasteiger partial charge in [0.05, 0.1) is 3.57 Å². The van der Waals surface area contributed by atoms with E-state index in [1.165, 1.54) is 0 Å². The Morgan fingerprint density at radius 3 is 2.75 bits per heavy atom. The Bertz CT molecular complexity index is 413. The molecule has 0 aliphatic heterocycles. The molecule has 0 saturated heterocycles. The fraction of sp³-hybridized carbons (Fsp3) is 0.625. The fourth-order valence-corrected chi connectivity index (χ4v) is 2.92. The summed E-state index contributed by atoms with van der Waals surface area (Å²) < 4.78 is 13.3. The van der Waals surface area contributed by atoms with Gasteiger partial charge < -0.3 is 14.8 Å². The maximum Gasteiger partial charge on any atom is 0.133 e. The zero-order chi connectivity index (χ0) is 14.4. The zero-order valence-electron chi connectivity index (χ0n) is 12.3. The highest BCUT2D eigenvalue weighted by molar-refractivity contribution is 14.1. The molecule has 1 aliphatic carbocycles. The zero-order valence-corrected chi connectivity index (χ0v) is 14.4. The molecule has 1 N–H and O–H groups in total. The van der Waals surface area contributed by atoms with E-state index in [2.05, 4.69) is 47.8 Å². The highest BCUT2D eigenvalue weighted by Gasteiger charge is 2.43. The van der Waals surface area contributed by atoms with Crippen LogP contribution in [0.25, 0.3) is 0 Å². The molecule has 0 amide bonds. The van der Waals surface area contributed by atoms with Crippen molar-refractivity contribution in [2.45, 2.75) is 51.4 Å². The van der Waals surface area contributed by atoms with Gasteiger partial charge in [0.1, 0.15) is 18.0 Å². The second-order valence-corrected chi connectivity index (χ2v) is 6.38. The third-order valence-corrected chi connectivity index (χ3v) is 4.43. The van der Waals surface area contributed by atoms with Crippen LogP contribution in [0.15, 0.2) is 24.3 Å². The van der Waals surface area contributed by atoms with E-state index in [9.17, 15) is 0 Å². The second kappa shape index (κ2) is 8.20. The van der Waals surface area contributed by atoms with Gasteiger partial charge in [-0.3, -0.25) is 0 Å². The largest absolute Gasteiger partial charge is 0.486 e. The molecule has 112 valence electrons. The van der Waals surface area contributed by atoms with Crippen LogP contribution in [-0.4, -0.2) is 31.4 Å². The minimum atomic E-state index is 0.173. The van der Waals surface area contributed by atoms with Crippen molar-refractivity contribution in [3.8, 4) is 5.75 Å². The first kappa shape index (κ1) is 16.0. The summed E-state index contributed by atoms with van der Waals surface area (Å²) in [7, 11) is 0. The van der Waals surface area contributed by atoms with Crippen molar-refractivity contribution in [2.24, 2.45) is 0 Å². The molecule has 0 heterocycles. The van der Waals surface area contributed by atoms with Gasteiger partial charge >= 0.3 is 0 Å². The number of benzene rings is 1. The van der Waals surface area contributed by atoms with Crippen LogP contribution in [0.4, 0.5) is 0 Å². The van der Waals surface area contributed by atoms with Crippen LogP contribution in [0.3, 0.4) is 0 Å². The van der Waals surface area contributed by atoms with Crippen molar-refractivity contribution in [1.29, 1.82) is 0 Å². The SMILES string of the molecule is CCCNC1CC(Oc2ccccc2I)C1OCCC. The lowest BCUT2D eigenvalue weighted by Crippen LogP contribution is -2.61. The van der Waals surface area contributed by atoms with E-state index in [0.717, 1.165) is 41.7 Å². The lowest BCUT2D eigenvalue weighted by atomic mass is 9.85. The molecule has 0 spiro atoms. The van der Waals surface area contributed by atoms with Crippen molar-refractivity contribution < 1.29 is 9.47 Å². The van der Waals surface area contributed by atoms with Gasteiger partial charge in [-0.05, 0) is 54.1 Å². The third kappa shape index (κ3) is 4.09. The number of nitrogens with one attached hydrogen (secondary N) is 1. The summed E-state index contributed by atoms with van der Waals surface area (Å²) in [6, 6.07) is 8.60. The van der Waals surface area contributed by atoms with Crippen LogP contribution in [0.2, 0.25) is 0 Å². The molecule has 0 bridgehead atoms. The summed E-state index contributed by atoms with van der Waals surface area (Å²) in [5.74, 6) is 0.970. The minimum Gasteiger partial charge on any atom is -0.486 e. The van der Waals surface area contributed by atoms with Crippen molar-refractivity contribution >= 4 is 22.6 Å². The molecule has 3 atom stereocenters. The number of ether oxygens (including phenoxy) is 2. The Morgan fingerprint density at radius 1 is 1.25 bits per heavy atom. The van der Waals surface area contributed by atoms with Gasteiger partial charge in [0.15, 0.2) is 0 Å². The second-order valence-electron chi connectivity index (χ2n) is 5.22. The molecule has 1 saturated carbocycles. The summed E-state index contributed by atoms with van der Waals surface area (Å²) in [6.45, 7) is 6.18. The maximum atomic E-state index is 6.13. The molecule has 2 rings (SSSR count). The van der Waals surface area contributed by atoms with Gasteiger partial charge in [-0.15, -0.1) is 0 Å². The average Bonchev–Trinajstić information content (AvgIpc) is 2.44. The number of hydrogen-bond donors (Lipinski definition) is 1. The molecule has 4 heteroatoms. The Labute approximate surface area is 135 Å². The van der Waals surface area contributed by atoms with Crippen molar-refractivity contribution in [2.75, 3.05) is 13.2 Å². The quantitative estimate of drug-likeness (QED) is 0.690. The molecule has 1 aromatic rings. The van der Waals surface area contributed by atoms with E-state index in [1.54, 1.807) is 0 Å². The molecule has 0 aromatic heterocycles.